The van der Waals surface area contributed by atoms with Crippen LogP contribution in [0.2, 0.25) is 0 Å². The normalized spacial score (nSPS) is 14.2. The van der Waals surface area contributed by atoms with Gasteiger partial charge in [0, 0.05) is 50.7 Å². The van der Waals surface area contributed by atoms with Crippen LogP contribution in [0.5, 0.6) is 0 Å². The summed E-state index contributed by atoms with van der Waals surface area (Å²) in [7, 11) is 0. The first-order valence-electron chi connectivity index (χ1n) is 7.71. The van der Waals surface area contributed by atoms with E-state index in [1.807, 2.05) is 4.90 Å². The van der Waals surface area contributed by atoms with E-state index in [-0.39, 0.29) is 5.56 Å². The minimum atomic E-state index is -0.755. The number of carbonyl (C=O) groups is 1. The van der Waals surface area contributed by atoms with Crippen LogP contribution in [0.25, 0.3) is 0 Å². The Morgan fingerprint density at radius 2 is 1.46 bits per heavy atom. The Kier molecular flexibility index (Phi) is 4.69. The molecule has 2 heterocycles. The SMILES string of the molecule is O=C(c1cc([N+](=O)[O-])cc([N+](=O)[O-])c1)N1CCN(c2ncccn2)CC1. The standard InChI is InChI=1S/C15H14N6O5/c22-14(11-8-12(20(23)24)10-13(9-11)21(25)26)18-4-6-19(7-5-18)15-16-2-1-3-17-15/h1-3,8-10H,4-7H2. The zero-order chi connectivity index (χ0) is 18.7. The first-order valence-corrected chi connectivity index (χ1v) is 7.71. The van der Waals surface area contributed by atoms with Crippen molar-refractivity contribution in [1.29, 1.82) is 0 Å². The largest absolute Gasteiger partial charge is 0.337 e. The van der Waals surface area contributed by atoms with Crippen molar-refractivity contribution in [2.24, 2.45) is 0 Å². The highest BCUT2D eigenvalue weighted by atomic mass is 16.6. The molecule has 1 aliphatic heterocycles. The van der Waals surface area contributed by atoms with Crippen LogP contribution in [-0.4, -0.2) is 56.8 Å². The summed E-state index contributed by atoms with van der Waals surface area (Å²) in [6, 6.07) is 4.66. The van der Waals surface area contributed by atoms with Crippen LogP contribution in [0.4, 0.5) is 17.3 Å². The molecule has 0 radical (unpaired) electrons. The molecule has 2 aromatic rings. The van der Waals surface area contributed by atoms with Gasteiger partial charge in [0.05, 0.1) is 21.5 Å². The number of non-ortho nitro benzene ring substituents is 2. The molecular formula is C15H14N6O5. The molecule has 3 rings (SSSR count). The molecule has 0 spiro atoms. The Bertz CT molecular complexity index is 819. The van der Waals surface area contributed by atoms with Crippen molar-refractivity contribution in [3.63, 3.8) is 0 Å². The van der Waals surface area contributed by atoms with Crippen LogP contribution in [0.15, 0.2) is 36.7 Å². The van der Waals surface area contributed by atoms with Gasteiger partial charge in [0.25, 0.3) is 17.3 Å². The summed E-state index contributed by atoms with van der Waals surface area (Å²) in [6.45, 7) is 1.70. The van der Waals surface area contributed by atoms with Gasteiger partial charge in [0.15, 0.2) is 0 Å². The molecule has 1 amide bonds. The molecule has 11 nitrogen and oxygen atoms in total. The van der Waals surface area contributed by atoms with Gasteiger partial charge in [-0.3, -0.25) is 25.0 Å². The smallest absolute Gasteiger partial charge is 0.277 e. The average Bonchev–Trinajstić information content (AvgIpc) is 2.67. The lowest BCUT2D eigenvalue weighted by atomic mass is 10.1. The molecule has 1 saturated heterocycles. The second-order valence-corrected chi connectivity index (χ2v) is 5.58. The van der Waals surface area contributed by atoms with E-state index in [0.29, 0.717) is 32.1 Å². The maximum Gasteiger partial charge on any atom is 0.277 e. The molecule has 11 heteroatoms. The molecular weight excluding hydrogens is 344 g/mol. The maximum atomic E-state index is 12.6. The summed E-state index contributed by atoms with van der Waals surface area (Å²) in [5.41, 5.74) is -1.05. The molecule has 26 heavy (non-hydrogen) atoms. The van der Waals surface area contributed by atoms with E-state index in [9.17, 15) is 25.0 Å². The number of carbonyl (C=O) groups excluding carboxylic acids is 1. The molecule has 1 aromatic heterocycles. The van der Waals surface area contributed by atoms with Crippen molar-refractivity contribution in [2.45, 2.75) is 0 Å². The number of nitro groups is 2. The van der Waals surface area contributed by atoms with Crippen LogP contribution >= 0.6 is 0 Å². The molecule has 0 bridgehead atoms. The van der Waals surface area contributed by atoms with Gasteiger partial charge in [0.1, 0.15) is 0 Å². The Hall–Kier alpha value is -3.63. The molecule has 1 fully saturated rings. The highest BCUT2D eigenvalue weighted by molar-refractivity contribution is 5.95. The lowest BCUT2D eigenvalue weighted by Crippen LogP contribution is -2.49. The van der Waals surface area contributed by atoms with Gasteiger partial charge in [-0.05, 0) is 6.07 Å². The number of hydrogen-bond acceptors (Lipinski definition) is 8. The summed E-state index contributed by atoms with van der Waals surface area (Å²) in [5, 5.41) is 21.9. The number of hydrogen-bond donors (Lipinski definition) is 0. The lowest BCUT2D eigenvalue weighted by molar-refractivity contribution is -0.394. The van der Waals surface area contributed by atoms with E-state index in [1.54, 1.807) is 18.5 Å². The fourth-order valence-electron chi connectivity index (χ4n) is 2.68. The van der Waals surface area contributed by atoms with Gasteiger partial charge in [0.2, 0.25) is 5.95 Å². The van der Waals surface area contributed by atoms with Crippen molar-refractivity contribution >= 4 is 23.2 Å². The molecule has 0 atom stereocenters. The number of aromatic nitrogens is 2. The van der Waals surface area contributed by atoms with E-state index in [1.165, 1.54) is 4.90 Å². The van der Waals surface area contributed by atoms with Gasteiger partial charge >= 0.3 is 0 Å². The van der Waals surface area contributed by atoms with Gasteiger partial charge in [-0.25, -0.2) is 9.97 Å². The van der Waals surface area contributed by atoms with Gasteiger partial charge in [-0.15, -0.1) is 0 Å². The average molecular weight is 358 g/mol. The molecule has 1 aliphatic rings. The van der Waals surface area contributed by atoms with Crippen molar-refractivity contribution in [1.82, 2.24) is 14.9 Å². The lowest BCUT2D eigenvalue weighted by Gasteiger charge is -2.34. The zero-order valence-electron chi connectivity index (χ0n) is 13.5. The topological polar surface area (TPSA) is 136 Å². The van der Waals surface area contributed by atoms with Crippen LogP contribution in [0.3, 0.4) is 0 Å². The Balaban J connectivity index is 1.76. The van der Waals surface area contributed by atoms with E-state index in [0.717, 1.165) is 18.2 Å². The Morgan fingerprint density at radius 1 is 0.923 bits per heavy atom. The van der Waals surface area contributed by atoms with Crippen molar-refractivity contribution in [2.75, 3.05) is 31.1 Å². The van der Waals surface area contributed by atoms with Gasteiger partial charge < -0.3 is 9.80 Å². The van der Waals surface area contributed by atoms with Crippen LogP contribution in [0, 0.1) is 20.2 Å². The number of amides is 1. The number of nitro benzene ring substituents is 2. The van der Waals surface area contributed by atoms with E-state index in [2.05, 4.69) is 9.97 Å². The molecule has 0 N–H and O–H groups in total. The second-order valence-electron chi connectivity index (χ2n) is 5.58. The quantitative estimate of drug-likeness (QED) is 0.588. The molecule has 0 saturated carbocycles. The minimum Gasteiger partial charge on any atom is -0.337 e. The van der Waals surface area contributed by atoms with Crippen molar-refractivity contribution in [3.05, 3.63) is 62.5 Å². The van der Waals surface area contributed by atoms with Gasteiger partial charge in [-0.2, -0.15) is 0 Å². The Morgan fingerprint density at radius 3 is 1.96 bits per heavy atom. The summed E-state index contributed by atoms with van der Waals surface area (Å²) in [5.74, 6) is 0.0796. The first kappa shape index (κ1) is 17.2. The third kappa shape index (κ3) is 3.55. The van der Waals surface area contributed by atoms with Crippen LogP contribution in [0.1, 0.15) is 10.4 Å². The number of piperazine rings is 1. The number of nitrogens with zero attached hydrogens (tertiary/aromatic N) is 6. The predicted octanol–water partition coefficient (Wildman–Crippen LogP) is 1.26. The van der Waals surface area contributed by atoms with E-state index in [4.69, 9.17) is 0 Å². The number of anilines is 1. The fraction of sp³-hybridized carbons (Fsp3) is 0.267. The monoisotopic (exact) mass is 358 g/mol. The highest BCUT2D eigenvalue weighted by Gasteiger charge is 2.26. The fourth-order valence-corrected chi connectivity index (χ4v) is 2.68. The summed E-state index contributed by atoms with van der Waals surface area (Å²) < 4.78 is 0. The number of benzene rings is 1. The molecule has 0 unspecified atom stereocenters. The third-order valence-corrected chi connectivity index (χ3v) is 3.97. The molecule has 134 valence electrons. The summed E-state index contributed by atoms with van der Waals surface area (Å²) >= 11 is 0. The highest BCUT2D eigenvalue weighted by Crippen LogP contribution is 2.24. The number of rotatable bonds is 4. The second kappa shape index (κ2) is 7.09. The molecule has 1 aromatic carbocycles. The summed E-state index contributed by atoms with van der Waals surface area (Å²) in [4.78, 5) is 44.8. The van der Waals surface area contributed by atoms with E-state index >= 15 is 0 Å². The predicted molar refractivity (Wildman–Crippen MR) is 89.9 cm³/mol. The van der Waals surface area contributed by atoms with Gasteiger partial charge in [-0.1, -0.05) is 0 Å². The first-order chi connectivity index (χ1) is 12.5. The zero-order valence-corrected chi connectivity index (χ0v) is 13.5. The van der Waals surface area contributed by atoms with Crippen LogP contribution in [-0.2, 0) is 0 Å². The van der Waals surface area contributed by atoms with Crippen LogP contribution < -0.4 is 4.90 Å². The van der Waals surface area contributed by atoms with E-state index < -0.39 is 27.1 Å². The maximum absolute atomic E-state index is 12.6. The molecule has 0 aliphatic carbocycles. The van der Waals surface area contributed by atoms with Crippen molar-refractivity contribution in [3.8, 4) is 0 Å². The summed E-state index contributed by atoms with van der Waals surface area (Å²) in [6.07, 6.45) is 3.25. The minimum absolute atomic E-state index is 0.0738. The van der Waals surface area contributed by atoms with Crippen molar-refractivity contribution < 1.29 is 14.6 Å². The Labute approximate surface area is 147 Å². The third-order valence-electron chi connectivity index (χ3n) is 3.97.